The van der Waals surface area contributed by atoms with Gasteiger partial charge in [0, 0.05) is 21.6 Å². The van der Waals surface area contributed by atoms with Crippen molar-refractivity contribution in [3.05, 3.63) is 23.7 Å². The van der Waals surface area contributed by atoms with Gasteiger partial charge in [0.15, 0.2) is 11.5 Å². The van der Waals surface area contributed by atoms with Gasteiger partial charge in [0.2, 0.25) is 5.91 Å². The fourth-order valence-electron chi connectivity index (χ4n) is 2.43. The summed E-state index contributed by atoms with van der Waals surface area (Å²) in [5.41, 5.74) is -0.0734. The zero-order valence-electron chi connectivity index (χ0n) is 17.3. The number of amides is 1. The number of ether oxygens (including phenoxy) is 2. The molecule has 1 unspecified atom stereocenters. The summed E-state index contributed by atoms with van der Waals surface area (Å²) in [4.78, 5) is 11.8. The molecule has 1 aromatic rings. The molecular weight excluding hydrogens is 254 g/mol. The maximum atomic E-state index is 11.8. The van der Waals surface area contributed by atoms with Gasteiger partial charge in [0.1, 0.15) is 0 Å². The fourth-order valence-corrected chi connectivity index (χ4v) is 2.43. The van der Waals surface area contributed by atoms with Crippen LogP contribution >= 0.6 is 0 Å². The fraction of sp³-hybridized carbons (Fsp3) is 0.562. The number of hydrogen-bond donors (Lipinski definition) is 1. The van der Waals surface area contributed by atoms with Crippen LogP contribution in [0.15, 0.2) is 18.1 Å². The molecule has 20 heavy (non-hydrogen) atoms. The molecule has 0 radical (unpaired) electrons. The number of nitrogens with one attached hydrogen (secondary N) is 1. The zero-order chi connectivity index (χ0) is 19.3. The van der Waals surface area contributed by atoms with E-state index in [1.807, 2.05) is 0 Å². The Morgan fingerprint density at radius 3 is 2.85 bits per heavy atom. The molecule has 1 amide bonds. The van der Waals surface area contributed by atoms with Crippen LogP contribution in [-0.2, 0) is 4.79 Å². The number of benzene rings is 1. The lowest BCUT2D eigenvalue weighted by Crippen LogP contribution is -2.14. The van der Waals surface area contributed by atoms with Crippen LogP contribution in [0.3, 0.4) is 0 Å². The van der Waals surface area contributed by atoms with E-state index in [0.717, 1.165) is 12.8 Å². The van der Waals surface area contributed by atoms with Gasteiger partial charge in [-0.05, 0) is 43.3 Å². The molecule has 108 valence electrons. The molecular formula is C16H21NO3. The third kappa shape index (κ3) is 2.74. The topological polar surface area (TPSA) is 47.6 Å². The van der Waals surface area contributed by atoms with E-state index < -0.39 is 24.3 Å². The highest BCUT2D eigenvalue weighted by atomic mass is 16.5. The van der Waals surface area contributed by atoms with Crippen molar-refractivity contribution in [3.8, 4) is 11.5 Å². The predicted octanol–water partition coefficient (Wildman–Crippen LogP) is 2.62. The van der Waals surface area contributed by atoms with Crippen LogP contribution in [0.25, 0.3) is 0 Å². The smallest absolute Gasteiger partial charge is 0.220 e. The van der Waals surface area contributed by atoms with E-state index in [0.29, 0.717) is 12.8 Å². The summed E-state index contributed by atoms with van der Waals surface area (Å²) >= 11 is 0. The van der Waals surface area contributed by atoms with Gasteiger partial charge in [-0.25, -0.2) is 0 Å². The SMILES string of the molecule is [2H]c1c([2H])c(C2CNC(=O)C2([2H])[2H])c([2H])c(OC2([2H])CCCC2)c1OC. The lowest BCUT2D eigenvalue weighted by Gasteiger charge is -2.18. The van der Waals surface area contributed by atoms with Crippen molar-refractivity contribution in [2.75, 3.05) is 13.7 Å². The second-order valence-electron chi connectivity index (χ2n) is 4.91. The van der Waals surface area contributed by atoms with Crippen LogP contribution in [0, 0.1) is 0 Å². The second kappa shape index (κ2) is 5.73. The quantitative estimate of drug-likeness (QED) is 0.923. The van der Waals surface area contributed by atoms with Crippen molar-refractivity contribution in [1.29, 1.82) is 0 Å². The van der Waals surface area contributed by atoms with Gasteiger partial charge >= 0.3 is 0 Å². The average Bonchev–Trinajstić information content (AvgIpc) is 3.11. The highest BCUT2D eigenvalue weighted by Gasteiger charge is 2.25. The predicted molar refractivity (Wildman–Crippen MR) is 76.2 cm³/mol. The number of hydrogen-bond acceptors (Lipinski definition) is 3. The van der Waals surface area contributed by atoms with Crippen molar-refractivity contribution in [2.24, 2.45) is 0 Å². The van der Waals surface area contributed by atoms with E-state index in [1.165, 1.54) is 7.11 Å². The van der Waals surface area contributed by atoms with Crippen molar-refractivity contribution >= 4 is 5.91 Å². The van der Waals surface area contributed by atoms with Crippen LogP contribution in [0.1, 0.15) is 51.8 Å². The van der Waals surface area contributed by atoms with Crippen molar-refractivity contribution in [3.63, 3.8) is 0 Å². The monoisotopic (exact) mass is 281 g/mol. The summed E-state index contributed by atoms with van der Waals surface area (Å²) in [6.07, 6.45) is -0.939. The van der Waals surface area contributed by atoms with Gasteiger partial charge in [-0.1, -0.05) is 6.04 Å². The maximum Gasteiger partial charge on any atom is 0.220 e. The molecule has 2 aliphatic rings. The Labute approximate surface area is 127 Å². The molecule has 1 aromatic carbocycles. The van der Waals surface area contributed by atoms with Crippen molar-refractivity contribution in [1.82, 2.24) is 5.32 Å². The van der Waals surface area contributed by atoms with Gasteiger partial charge in [0.05, 0.1) is 18.7 Å². The molecule has 1 N–H and O–H groups in total. The number of methoxy groups -OCH3 is 1. The average molecular weight is 281 g/mol. The molecule has 4 nitrogen and oxygen atoms in total. The molecule has 1 saturated carbocycles. The van der Waals surface area contributed by atoms with Gasteiger partial charge < -0.3 is 14.8 Å². The normalized spacial score (nSPS) is 31.2. The number of rotatable bonds is 4. The van der Waals surface area contributed by atoms with Crippen LogP contribution in [0.2, 0.25) is 0 Å². The minimum atomic E-state index is -2.30. The standard InChI is InChI=1S/C16H21NO3/c1-19-14-7-6-11(12-9-16(18)17-10-12)8-15(14)20-13-4-2-3-5-13/h6-8,12-13H,2-5,9-10H2,1H3,(H,17,18)/i6D,7D,8D,9D2,13D. The Morgan fingerprint density at radius 2 is 2.20 bits per heavy atom. The van der Waals surface area contributed by atoms with E-state index in [4.69, 9.17) is 17.7 Å². The van der Waals surface area contributed by atoms with Crippen LogP contribution < -0.4 is 14.8 Å². The van der Waals surface area contributed by atoms with E-state index in [2.05, 4.69) is 5.32 Å². The van der Waals surface area contributed by atoms with Crippen LogP contribution in [-0.4, -0.2) is 25.6 Å². The van der Waals surface area contributed by atoms with E-state index >= 15 is 0 Å². The van der Waals surface area contributed by atoms with E-state index in [1.54, 1.807) is 0 Å². The summed E-state index contributed by atoms with van der Waals surface area (Å²) in [5.74, 6) is -2.13. The molecule has 1 aliphatic carbocycles. The van der Waals surface area contributed by atoms with Crippen LogP contribution in [0.4, 0.5) is 0 Å². The second-order valence-corrected chi connectivity index (χ2v) is 4.91. The van der Waals surface area contributed by atoms with Crippen molar-refractivity contribution < 1.29 is 22.5 Å². The first kappa shape index (κ1) is 7.91. The van der Waals surface area contributed by atoms with Crippen molar-refractivity contribution in [2.45, 2.75) is 44.1 Å². The summed E-state index contributed by atoms with van der Waals surface area (Å²) in [6, 6.07) is -1.01. The molecule has 0 bridgehead atoms. The van der Waals surface area contributed by atoms with E-state index in [9.17, 15) is 4.79 Å². The Hall–Kier alpha value is -1.71. The minimum absolute atomic E-state index is 0.0686. The molecule has 1 atom stereocenters. The van der Waals surface area contributed by atoms with Gasteiger partial charge in [0.25, 0.3) is 0 Å². The molecule has 2 fully saturated rings. The zero-order valence-corrected chi connectivity index (χ0v) is 11.3. The summed E-state index contributed by atoms with van der Waals surface area (Å²) < 4.78 is 60.2. The molecule has 4 heteroatoms. The highest BCUT2D eigenvalue weighted by Crippen LogP contribution is 2.35. The Kier molecular flexibility index (Phi) is 2.27. The third-order valence-corrected chi connectivity index (χ3v) is 3.50. The lowest BCUT2D eigenvalue weighted by atomic mass is 9.98. The number of carbonyl (C=O) groups excluding carboxylic acids is 1. The van der Waals surface area contributed by atoms with Gasteiger partial charge in [-0.2, -0.15) is 0 Å². The summed E-state index contributed by atoms with van der Waals surface area (Å²) in [6.45, 7) is -0.0686. The lowest BCUT2D eigenvalue weighted by molar-refractivity contribution is -0.119. The Morgan fingerprint density at radius 1 is 1.40 bits per heavy atom. The largest absolute Gasteiger partial charge is 0.493 e. The molecule has 0 spiro atoms. The van der Waals surface area contributed by atoms with Crippen LogP contribution in [0.5, 0.6) is 11.5 Å². The van der Waals surface area contributed by atoms with E-state index in [-0.39, 0.29) is 41.7 Å². The molecule has 1 aliphatic heterocycles. The Bertz CT molecular complexity index is 748. The molecule has 0 aromatic heterocycles. The first-order valence-corrected chi connectivity index (χ1v) is 6.77. The highest BCUT2D eigenvalue weighted by molar-refractivity contribution is 5.79. The summed E-state index contributed by atoms with van der Waals surface area (Å²) in [5, 5.41) is 2.41. The molecule has 1 saturated heterocycles. The van der Waals surface area contributed by atoms with Gasteiger partial charge in [-0.15, -0.1) is 0 Å². The molecule has 1 heterocycles. The minimum Gasteiger partial charge on any atom is -0.493 e. The first-order valence-electron chi connectivity index (χ1n) is 9.77. The third-order valence-electron chi connectivity index (χ3n) is 3.50. The number of carbonyl (C=O) groups is 1. The first-order chi connectivity index (χ1) is 12.1. The van der Waals surface area contributed by atoms with Gasteiger partial charge in [-0.3, -0.25) is 4.79 Å². The molecule has 3 rings (SSSR count). The Balaban J connectivity index is 2.15. The summed E-state index contributed by atoms with van der Waals surface area (Å²) in [7, 11) is 1.30. The maximum absolute atomic E-state index is 11.8.